The third-order valence-corrected chi connectivity index (χ3v) is 6.38. The number of esters is 1. The number of rotatable bonds is 4. The lowest BCUT2D eigenvalue weighted by Crippen LogP contribution is -2.40. The molecule has 0 saturated carbocycles. The van der Waals surface area contributed by atoms with Gasteiger partial charge in [0, 0.05) is 23.7 Å². The van der Waals surface area contributed by atoms with Crippen LogP contribution in [0.4, 0.5) is 0 Å². The van der Waals surface area contributed by atoms with Gasteiger partial charge in [-0.05, 0) is 78.6 Å². The molecule has 2 aromatic rings. The van der Waals surface area contributed by atoms with E-state index in [1.807, 2.05) is 0 Å². The van der Waals surface area contributed by atoms with Crippen molar-refractivity contribution in [1.82, 2.24) is 4.90 Å². The summed E-state index contributed by atoms with van der Waals surface area (Å²) in [6.07, 6.45) is 1.25. The van der Waals surface area contributed by atoms with E-state index >= 15 is 0 Å². The molecule has 0 unspecified atom stereocenters. The summed E-state index contributed by atoms with van der Waals surface area (Å²) in [4.78, 5) is 27.1. The van der Waals surface area contributed by atoms with E-state index in [9.17, 15) is 9.59 Å². The molecule has 1 aliphatic heterocycles. The molecule has 1 amide bonds. The molecule has 1 heterocycles. The van der Waals surface area contributed by atoms with Gasteiger partial charge in [0.1, 0.15) is 6.61 Å². The largest absolute Gasteiger partial charge is 0.461 e. The Morgan fingerprint density at radius 1 is 1.03 bits per heavy atom. The van der Waals surface area contributed by atoms with Crippen molar-refractivity contribution in [1.29, 1.82) is 0 Å². The van der Waals surface area contributed by atoms with Gasteiger partial charge >= 0.3 is 5.97 Å². The zero-order valence-corrected chi connectivity index (χ0v) is 19.9. The Hall–Kier alpha value is -2.33. The summed E-state index contributed by atoms with van der Waals surface area (Å²) >= 11 is 5.90. The molecule has 31 heavy (non-hydrogen) atoms. The van der Waals surface area contributed by atoms with Crippen molar-refractivity contribution >= 4 is 23.5 Å². The number of carbonyl (C=O) groups is 2. The number of carbonyl (C=O) groups excluding carboxylic acids is 2. The average molecular weight is 442 g/mol. The van der Waals surface area contributed by atoms with Crippen LogP contribution in [0.3, 0.4) is 0 Å². The zero-order chi connectivity index (χ0) is 22.8. The van der Waals surface area contributed by atoms with Gasteiger partial charge in [-0.3, -0.25) is 9.59 Å². The molecule has 0 atom stereocenters. The van der Waals surface area contributed by atoms with E-state index in [-0.39, 0.29) is 23.2 Å². The van der Waals surface area contributed by atoms with Crippen LogP contribution in [0.15, 0.2) is 36.4 Å². The molecular formula is C26H32ClNO3. The molecule has 166 valence electrons. The van der Waals surface area contributed by atoms with Crippen LogP contribution in [0.5, 0.6) is 0 Å². The third kappa shape index (κ3) is 5.68. The second-order valence-electron chi connectivity index (χ2n) is 9.52. The third-order valence-electron chi connectivity index (χ3n) is 6.13. The van der Waals surface area contributed by atoms with Gasteiger partial charge in [0.05, 0.1) is 5.92 Å². The summed E-state index contributed by atoms with van der Waals surface area (Å²) in [7, 11) is 0. The van der Waals surface area contributed by atoms with E-state index in [2.05, 4.69) is 46.8 Å². The van der Waals surface area contributed by atoms with Gasteiger partial charge in [-0.1, -0.05) is 44.5 Å². The highest BCUT2D eigenvalue weighted by Gasteiger charge is 2.29. The first-order valence-electron chi connectivity index (χ1n) is 10.9. The van der Waals surface area contributed by atoms with Crippen molar-refractivity contribution in [2.45, 2.75) is 59.5 Å². The number of hydrogen-bond donors (Lipinski definition) is 0. The van der Waals surface area contributed by atoms with Crippen LogP contribution >= 0.6 is 11.6 Å². The molecule has 2 aromatic carbocycles. The first kappa shape index (κ1) is 23.3. The van der Waals surface area contributed by atoms with Crippen molar-refractivity contribution < 1.29 is 14.3 Å². The molecule has 5 heteroatoms. The van der Waals surface area contributed by atoms with Crippen LogP contribution in [0.1, 0.15) is 66.2 Å². The fourth-order valence-corrected chi connectivity index (χ4v) is 4.13. The maximum atomic E-state index is 12.7. The van der Waals surface area contributed by atoms with Crippen LogP contribution in [0.25, 0.3) is 0 Å². The van der Waals surface area contributed by atoms with Gasteiger partial charge in [0.15, 0.2) is 0 Å². The van der Waals surface area contributed by atoms with E-state index < -0.39 is 0 Å². The summed E-state index contributed by atoms with van der Waals surface area (Å²) in [5.41, 5.74) is 5.38. The maximum absolute atomic E-state index is 12.7. The Morgan fingerprint density at radius 3 is 2.10 bits per heavy atom. The van der Waals surface area contributed by atoms with E-state index in [1.54, 1.807) is 29.2 Å². The number of halogens is 1. The number of piperidine rings is 1. The summed E-state index contributed by atoms with van der Waals surface area (Å²) in [5, 5.41) is 0.608. The van der Waals surface area contributed by atoms with Crippen molar-refractivity contribution in [3.05, 3.63) is 69.2 Å². The summed E-state index contributed by atoms with van der Waals surface area (Å²) in [6, 6.07) is 11.3. The quantitative estimate of drug-likeness (QED) is 0.559. The molecule has 0 radical (unpaired) electrons. The Morgan fingerprint density at radius 2 is 1.58 bits per heavy atom. The highest BCUT2D eigenvalue weighted by atomic mass is 35.5. The standard InChI is InChI=1S/C26H32ClNO3/c1-17-14-21(26(3,4)5)15-18(2)23(17)16-31-25(30)20-10-12-28(13-11-20)24(29)19-6-8-22(27)9-7-19/h6-9,14-15,20H,10-13,16H2,1-5H3. The Kier molecular flexibility index (Phi) is 7.10. The lowest BCUT2D eigenvalue weighted by molar-refractivity contribution is -0.151. The molecule has 1 aliphatic rings. The Labute approximate surface area is 190 Å². The number of likely N-dealkylation sites (tertiary alicyclic amines) is 1. The molecule has 1 fully saturated rings. The Balaban J connectivity index is 1.55. The number of nitrogens with zero attached hydrogens (tertiary/aromatic N) is 1. The number of hydrogen-bond acceptors (Lipinski definition) is 3. The second-order valence-corrected chi connectivity index (χ2v) is 9.96. The van der Waals surface area contributed by atoms with E-state index in [0.29, 0.717) is 43.1 Å². The van der Waals surface area contributed by atoms with Gasteiger partial charge in [-0.15, -0.1) is 0 Å². The van der Waals surface area contributed by atoms with Gasteiger partial charge in [-0.2, -0.15) is 0 Å². The minimum Gasteiger partial charge on any atom is -0.461 e. The monoisotopic (exact) mass is 441 g/mol. The zero-order valence-electron chi connectivity index (χ0n) is 19.1. The van der Waals surface area contributed by atoms with Crippen molar-refractivity contribution in [3.63, 3.8) is 0 Å². The first-order valence-corrected chi connectivity index (χ1v) is 11.3. The topological polar surface area (TPSA) is 46.6 Å². The molecule has 1 saturated heterocycles. The highest BCUT2D eigenvalue weighted by molar-refractivity contribution is 6.30. The minimum absolute atomic E-state index is 0.0197. The molecule has 3 rings (SSSR count). The van der Waals surface area contributed by atoms with Crippen molar-refractivity contribution in [2.24, 2.45) is 5.92 Å². The van der Waals surface area contributed by atoms with E-state index in [1.165, 1.54) is 5.56 Å². The number of aryl methyl sites for hydroxylation is 2. The summed E-state index contributed by atoms with van der Waals surface area (Å²) in [6.45, 7) is 12.2. The SMILES string of the molecule is Cc1cc(C(C)(C)C)cc(C)c1COC(=O)C1CCN(C(=O)c2ccc(Cl)cc2)CC1. The Bertz CT molecular complexity index is 929. The molecular weight excluding hydrogens is 410 g/mol. The number of amides is 1. The molecule has 0 bridgehead atoms. The second kappa shape index (κ2) is 9.44. The summed E-state index contributed by atoms with van der Waals surface area (Å²) < 4.78 is 5.69. The predicted octanol–water partition coefficient (Wildman–Crippen LogP) is 5.85. The normalized spacial score (nSPS) is 15.1. The van der Waals surface area contributed by atoms with Crippen LogP contribution in [0, 0.1) is 19.8 Å². The molecule has 0 aromatic heterocycles. The fourth-order valence-electron chi connectivity index (χ4n) is 4.01. The molecule has 0 spiro atoms. The van der Waals surface area contributed by atoms with Gasteiger partial charge in [0.2, 0.25) is 0 Å². The predicted molar refractivity (Wildman–Crippen MR) is 124 cm³/mol. The van der Waals surface area contributed by atoms with Crippen molar-refractivity contribution in [2.75, 3.05) is 13.1 Å². The summed E-state index contributed by atoms with van der Waals surface area (Å²) in [5.74, 6) is -0.352. The average Bonchev–Trinajstić information content (AvgIpc) is 2.72. The van der Waals surface area contributed by atoms with Gasteiger partial charge in [0.25, 0.3) is 5.91 Å². The number of benzene rings is 2. The minimum atomic E-state index is -0.169. The van der Waals surface area contributed by atoms with Crippen LogP contribution in [0.2, 0.25) is 5.02 Å². The fraction of sp³-hybridized carbons (Fsp3) is 0.462. The van der Waals surface area contributed by atoms with E-state index in [0.717, 1.165) is 16.7 Å². The number of ether oxygens (including phenoxy) is 1. The molecule has 0 N–H and O–H groups in total. The van der Waals surface area contributed by atoms with Gasteiger partial charge in [-0.25, -0.2) is 0 Å². The van der Waals surface area contributed by atoms with Crippen LogP contribution in [-0.2, 0) is 21.6 Å². The molecule has 0 aliphatic carbocycles. The van der Waals surface area contributed by atoms with Gasteiger partial charge < -0.3 is 9.64 Å². The van der Waals surface area contributed by atoms with Crippen molar-refractivity contribution in [3.8, 4) is 0 Å². The lowest BCUT2D eigenvalue weighted by atomic mass is 9.84. The highest BCUT2D eigenvalue weighted by Crippen LogP contribution is 2.28. The van der Waals surface area contributed by atoms with Crippen LogP contribution < -0.4 is 0 Å². The first-order chi connectivity index (χ1) is 14.6. The van der Waals surface area contributed by atoms with E-state index in [4.69, 9.17) is 16.3 Å². The molecule has 4 nitrogen and oxygen atoms in total. The van der Waals surface area contributed by atoms with Crippen LogP contribution in [-0.4, -0.2) is 29.9 Å². The maximum Gasteiger partial charge on any atom is 0.309 e. The lowest BCUT2D eigenvalue weighted by Gasteiger charge is -2.31. The smallest absolute Gasteiger partial charge is 0.309 e.